The van der Waals surface area contributed by atoms with Gasteiger partial charge in [-0.05, 0) is 13.0 Å². The summed E-state index contributed by atoms with van der Waals surface area (Å²) in [6.45, 7) is 1.80. The van der Waals surface area contributed by atoms with Gasteiger partial charge in [0.25, 0.3) is 0 Å². The minimum absolute atomic E-state index is 0.0556. The van der Waals surface area contributed by atoms with E-state index < -0.39 is 0 Å². The van der Waals surface area contributed by atoms with Gasteiger partial charge in [0.05, 0.1) is 6.04 Å². The zero-order chi connectivity index (χ0) is 8.55. The molecule has 2 saturated heterocycles. The van der Waals surface area contributed by atoms with Gasteiger partial charge in [0.1, 0.15) is 11.6 Å². The fourth-order valence-electron chi connectivity index (χ4n) is 2.08. The van der Waals surface area contributed by atoms with Crippen LogP contribution in [0.1, 0.15) is 25.7 Å². The zero-order valence-corrected chi connectivity index (χ0v) is 7.08. The van der Waals surface area contributed by atoms with Crippen LogP contribution in [0.5, 0.6) is 0 Å². The number of hydrogen-bond donors (Lipinski definition) is 0. The maximum Gasteiger partial charge on any atom is 0.150 e. The van der Waals surface area contributed by atoms with Gasteiger partial charge in [0.15, 0.2) is 0 Å². The Balaban J connectivity index is 2.10. The summed E-state index contributed by atoms with van der Waals surface area (Å²) < 4.78 is 0. The molecule has 0 bridgehead atoms. The van der Waals surface area contributed by atoms with Gasteiger partial charge in [-0.2, -0.15) is 0 Å². The molecule has 0 aliphatic carbocycles. The molecule has 0 radical (unpaired) electrons. The normalized spacial score (nSPS) is 31.8. The Morgan fingerprint density at radius 1 is 1.17 bits per heavy atom. The third-order valence-electron chi connectivity index (χ3n) is 2.78. The summed E-state index contributed by atoms with van der Waals surface area (Å²) in [4.78, 5) is 24.6. The average Bonchev–Trinajstić information content (AvgIpc) is 2.07. The highest BCUT2D eigenvalue weighted by molar-refractivity contribution is 5.92. The van der Waals surface area contributed by atoms with E-state index in [0.717, 1.165) is 19.5 Å². The molecule has 2 rings (SSSR count). The second-order valence-corrected chi connectivity index (χ2v) is 3.61. The average molecular weight is 167 g/mol. The fraction of sp³-hybridized carbons (Fsp3) is 0.778. The van der Waals surface area contributed by atoms with E-state index in [2.05, 4.69) is 4.90 Å². The van der Waals surface area contributed by atoms with Crippen LogP contribution in [0.3, 0.4) is 0 Å². The Morgan fingerprint density at radius 3 is 2.83 bits per heavy atom. The highest BCUT2D eigenvalue weighted by atomic mass is 16.1. The summed E-state index contributed by atoms with van der Waals surface area (Å²) in [5.74, 6) is 0.529. The number of ketones is 2. The molecule has 1 unspecified atom stereocenters. The first-order chi connectivity index (χ1) is 5.77. The van der Waals surface area contributed by atoms with Gasteiger partial charge in [-0.25, -0.2) is 0 Å². The second-order valence-electron chi connectivity index (χ2n) is 3.61. The number of rotatable bonds is 0. The van der Waals surface area contributed by atoms with Crippen molar-refractivity contribution in [3.05, 3.63) is 0 Å². The Kier molecular flexibility index (Phi) is 1.97. The molecule has 66 valence electrons. The van der Waals surface area contributed by atoms with Crippen LogP contribution in [0.4, 0.5) is 0 Å². The molecule has 0 saturated carbocycles. The van der Waals surface area contributed by atoms with Crippen LogP contribution in [-0.2, 0) is 9.59 Å². The maximum atomic E-state index is 11.4. The summed E-state index contributed by atoms with van der Waals surface area (Å²) in [6.07, 6.45) is 2.76. The Labute approximate surface area is 71.7 Å². The predicted molar refractivity (Wildman–Crippen MR) is 43.8 cm³/mol. The molecule has 0 aromatic rings. The number of nitrogens with zero attached hydrogens (tertiary/aromatic N) is 1. The van der Waals surface area contributed by atoms with Gasteiger partial charge in [-0.15, -0.1) is 0 Å². The van der Waals surface area contributed by atoms with Crippen LogP contribution in [-0.4, -0.2) is 35.6 Å². The van der Waals surface area contributed by atoms with Crippen molar-refractivity contribution in [1.82, 2.24) is 4.90 Å². The monoisotopic (exact) mass is 167 g/mol. The van der Waals surface area contributed by atoms with Crippen molar-refractivity contribution in [3.8, 4) is 0 Å². The highest BCUT2D eigenvalue weighted by Gasteiger charge is 2.34. The minimum atomic E-state index is -0.0556. The van der Waals surface area contributed by atoms with Crippen molar-refractivity contribution in [2.24, 2.45) is 0 Å². The van der Waals surface area contributed by atoms with E-state index in [9.17, 15) is 9.59 Å². The predicted octanol–water partition coefficient (Wildman–Crippen LogP) is 0.383. The molecule has 2 heterocycles. The van der Waals surface area contributed by atoms with E-state index in [1.54, 1.807) is 0 Å². The Morgan fingerprint density at radius 2 is 2.00 bits per heavy atom. The summed E-state index contributed by atoms with van der Waals surface area (Å²) in [6, 6.07) is -0.0556. The van der Waals surface area contributed by atoms with Gasteiger partial charge in [0.2, 0.25) is 0 Å². The third-order valence-corrected chi connectivity index (χ3v) is 2.78. The van der Waals surface area contributed by atoms with Gasteiger partial charge in [-0.1, -0.05) is 0 Å². The largest absolute Gasteiger partial charge is 0.300 e. The lowest BCUT2D eigenvalue weighted by Crippen LogP contribution is -2.50. The molecule has 12 heavy (non-hydrogen) atoms. The van der Waals surface area contributed by atoms with Crippen molar-refractivity contribution in [2.75, 3.05) is 13.1 Å². The van der Waals surface area contributed by atoms with E-state index in [4.69, 9.17) is 0 Å². The molecule has 1 atom stereocenters. The zero-order valence-electron chi connectivity index (χ0n) is 7.08. The molecule has 0 aromatic carbocycles. The molecule has 2 fully saturated rings. The van der Waals surface area contributed by atoms with E-state index in [1.165, 1.54) is 0 Å². The first kappa shape index (κ1) is 7.92. The number of piperidine rings is 2. The van der Waals surface area contributed by atoms with Gasteiger partial charge in [-0.3, -0.25) is 14.5 Å². The minimum Gasteiger partial charge on any atom is -0.300 e. The molecule has 2 aliphatic rings. The Bertz CT molecular complexity index is 225. The second kappa shape index (κ2) is 2.98. The van der Waals surface area contributed by atoms with Crippen LogP contribution in [0.15, 0.2) is 0 Å². The van der Waals surface area contributed by atoms with Crippen molar-refractivity contribution in [1.29, 1.82) is 0 Å². The Hall–Kier alpha value is -0.700. The number of carbonyl (C=O) groups excluding carboxylic acids is 2. The standard InChI is InChI=1S/C9H13NO2/c11-7-3-5-10-4-1-2-9(12)8(10)6-7/h8H,1-6H2. The summed E-state index contributed by atoms with van der Waals surface area (Å²) in [5.41, 5.74) is 0. The molecular weight excluding hydrogens is 154 g/mol. The summed E-state index contributed by atoms with van der Waals surface area (Å²) >= 11 is 0. The van der Waals surface area contributed by atoms with Gasteiger partial charge >= 0.3 is 0 Å². The lowest BCUT2D eigenvalue weighted by Gasteiger charge is -2.37. The topological polar surface area (TPSA) is 37.4 Å². The summed E-state index contributed by atoms with van der Waals surface area (Å²) in [7, 11) is 0. The molecule has 3 heteroatoms. The molecule has 2 aliphatic heterocycles. The molecular formula is C9H13NO2. The van der Waals surface area contributed by atoms with Crippen LogP contribution < -0.4 is 0 Å². The number of hydrogen-bond acceptors (Lipinski definition) is 3. The smallest absolute Gasteiger partial charge is 0.150 e. The van der Waals surface area contributed by atoms with E-state index in [0.29, 0.717) is 19.3 Å². The van der Waals surface area contributed by atoms with E-state index in [1.807, 2.05) is 0 Å². The number of carbonyl (C=O) groups is 2. The first-order valence-corrected chi connectivity index (χ1v) is 4.56. The molecule has 0 N–H and O–H groups in total. The van der Waals surface area contributed by atoms with Crippen LogP contribution in [0.2, 0.25) is 0 Å². The number of Topliss-reactive ketones (excluding diaryl/α,β-unsaturated/α-hetero) is 2. The van der Waals surface area contributed by atoms with Gasteiger partial charge < -0.3 is 0 Å². The molecule has 0 spiro atoms. The maximum absolute atomic E-state index is 11.4. The first-order valence-electron chi connectivity index (χ1n) is 4.56. The lowest BCUT2D eigenvalue weighted by molar-refractivity contribution is -0.135. The van der Waals surface area contributed by atoms with Crippen molar-refractivity contribution in [2.45, 2.75) is 31.7 Å². The van der Waals surface area contributed by atoms with Crippen molar-refractivity contribution in [3.63, 3.8) is 0 Å². The van der Waals surface area contributed by atoms with Crippen LogP contribution in [0.25, 0.3) is 0 Å². The molecule has 3 nitrogen and oxygen atoms in total. The van der Waals surface area contributed by atoms with Crippen LogP contribution in [0, 0.1) is 0 Å². The van der Waals surface area contributed by atoms with Crippen molar-refractivity contribution < 1.29 is 9.59 Å². The SMILES string of the molecule is O=C1CCN2CCCC(=O)C2C1. The summed E-state index contributed by atoms with van der Waals surface area (Å²) in [5, 5.41) is 0. The van der Waals surface area contributed by atoms with E-state index in [-0.39, 0.29) is 17.6 Å². The molecule has 0 amide bonds. The fourth-order valence-corrected chi connectivity index (χ4v) is 2.08. The van der Waals surface area contributed by atoms with Gasteiger partial charge in [0, 0.05) is 25.8 Å². The lowest BCUT2D eigenvalue weighted by atomic mass is 9.91. The van der Waals surface area contributed by atoms with Crippen LogP contribution >= 0.6 is 0 Å². The third kappa shape index (κ3) is 1.29. The molecule has 0 aromatic heterocycles. The highest BCUT2D eigenvalue weighted by Crippen LogP contribution is 2.21. The van der Waals surface area contributed by atoms with E-state index >= 15 is 0 Å². The number of fused-ring (bicyclic) bond motifs is 1. The van der Waals surface area contributed by atoms with Crippen molar-refractivity contribution >= 4 is 11.6 Å². The quantitative estimate of drug-likeness (QED) is 0.523.